The van der Waals surface area contributed by atoms with Crippen molar-refractivity contribution in [3.8, 4) is 0 Å². The number of hydrogen-bond acceptors (Lipinski definition) is 2. The van der Waals surface area contributed by atoms with E-state index in [2.05, 4.69) is 10.9 Å². The Kier molecular flexibility index (Phi) is 3.67. The van der Waals surface area contributed by atoms with Crippen LogP contribution in [0.5, 0.6) is 0 Å². The minimum absolute atomic E-state index is 0.214. The van der Waals surface area contributed by atoms with Gasteiger partial charge in [0.25, 0.3) is 5.91 Å². The molecule has 0 heterocycles. The molecule has 0 saturated carbocycles. The van der Waals surface area contributed by atoms with Crippen LogP contribution in [0.15, 0.2) is 30.3 Å². The molecule has 0 unspecified atom stereocenters. The first-order chi connectivity index (χ1) is 6.68. The van der Waals surface area contributed by atoms with E-state index in [1.54, 1.807) is 0 Å². The number of nitrogens with one attached hydrogen (secondary N) is 2. The van der Waals surface area contributed by atoms with E-state index >= 15 is 0 Å². The van der Waals surface area contributed by atoms with Crippen LogP contribution in [0.1, 0.15) is 12.5 Å². The van der Waals surface area contributed by atoms with Crippen molar-refractivity contribution in [2.24, 2.45) is 0 Å². The lowest BCUT2D eigenvalue weighted by molar-refractivity contribution is -0.119. The van der Waals surface area contributed by atoms with Gasteiger partial charge in [0.2, 0.25) is 0 Å². The van der Waals surface area contributed by atoms with Gasteiger partial charge in [-0.25, -0.2) is 0 Å². The van der Waals surface area contributed by atoms with Gasteiger partial charge in [0.15, 0.2) is 0 Å². The molecular formula is C10H12N3O. The minimum Gasteiger partial charge on any atom is -0.287 e. The smallest absolute Gasteiger partial charge is 0.259 e. The maximum atomic E-state index is 10.5. The highest BCUT2D eigenvalue weighted by Crippen LogP contribution is 1.98. The van der Waals surface area contributed by atoms with Crippen molar-refractivity contribution in [3.05, 3.63) is 35.9 Å². The van der Waals surface area contributed by atoms with Crippen LogP contribution in [0.25, 0.3) is 0 Å². The standard InChI is InChI=1S/C10H12N3O/c1-8(14)12-13-10(11)7-9-5-3-2-4-6-9/h2-6H,7H2,1H3,(H2,11,13). The number of amides is 1. The van der Waals surface area contributed by atoms with Crippen LogP contribution in [-0.4, -0.2) is 11.7 Å². The molecule has 0 bridgehead atoms. The van der Waals surface area contributed by atoms with E-state index in [9.17, 15) is 4.79 Å². The monoisotopic (exact) mass is 190 g/mol. The molecule has 0 atom stereocenters. The quantitative estimate of drug-likeness (QED) is 0.412. The van der Waals surface area contributed by atoms with Crippen LogP contribution in [0, 0.1) is 5.41 Å². The fourth-order valence-corrected chi connectivity index (χ4v) is 0.986. The summed E-state index contributed by atoms with van der Waals surface area (Å²) in [5.74, 6) is -0.116. The second-order valence-corrected chi connectivity index (χ2v) is 2.88. The number of carbonyl (C=O) groups excluding carboxylic acids is 1. The maximum absolute atomic E-state index is 10.5. The molecule has 0 aliphatic carbocycles. The van der Waals surface area contributed by atoms with Crippen molar-refractivity contribution in [2.45, 2.75) is 13.3 Å². The van der Waals surface area contributed by atoms with Gasteiger partial charge in [0, 0.05) is 13.3 Å². The molecule has 2 N–H and O–H groups in total. The van der Waals surface area contributed by atoms with E-state index in [1.165, 1.54) is 6.92 Å². The molecule has 0 aliphatic heterocycles. The van der Waals surface area contributed by atoms with Gasteiger partial charge >= 0.3 is 0 Å². The van der Waals surface area contributed by atoms with Crippen molar-refractivity contribution in [1.29, 1.82) is 5.41 Å². The van der Waals surface area contributed by atoms with Gasteiger partial charge < -0.3 is 0 Å². The van der Waals surface area contributed by atoms with Crippen LogP contribution in [-0.2, 0) is 11.2 Å². The van der Waals surface area contributed by atoms with Crippen LogP contribution >= 0.6 is 0 Å². The van der Waals surface area contributed by atoms with E-state index in [0.29, 0.717) is 6.42 Å². The largest absolute Gasteiger partial charge is 0.287 e. The summed E-state index contributed by atoms with van der Waals surface area (Å²) in [4.78, 5) is 10.5. The Morgan fingerprint density at radius 3 is 2.64 bits per heavy atom. The summed E-state index contributed by atoms with van der Waals surface area (Å²) in [6.07, 6.45) is 0.456. The lowest BCUT2D eigenvalue weighted by Crippen LogP contribution is -2.34. The molecule has 0 fully saturated rings. The Bertz CT molecular complexity index is 321. The average molecular weight is 190 g/mol. The zero-order chi connectivity index (χ0) is 10.4. The van der Waals surface area contributed by atoms with Gasteiger partial charge in [0.1, 0.15) is 5.84 Å². The highest BCUT2D eigenvalue weighted by Gasteiger charge is 1.99. The summed E-state index contributed by atoms with van der Waals surface area (Å²) < 4.78 is 0. The van der Waals surface area contributed by atoms with E-state index < -0.39 is 0 Å². The van der Waals surface area contributed by atoms with Crippen molar-refractivity contribution >= 4 is 11.7 Å². The Labute approximate surface area is 82.8 Å². The number of benzene rings is 1. The molecule has 4 heteroatoms. The second-order valence-electron chi connectivity index (χ2n) is 2.88. The van der Waals surface area contributed by atoms with Gasteiger partial charge in [-0.1, -0.05) is 30.3 Å². The fraction of sp³-hybridized carbons (Fsp3) is 0.200. The lowest BCUT2D eigenvalue weighted by atomic mass is 10.1. The molecule has 1 rings (SSSR count). The molecule has 1 aromatic carbocycles. The van der Waals surface area contributed by atoms with Crippen molar-refractivity contribution in [2.75, 3.05) is 0 Å². The molecule has 1 amide bonds. The maximum Gasteiger partial charge on any atom is 0.259 e. The fourth-order valence-electron chi connectivity index (χ4n) is 0.986. The summed E-state index contributed by atoms with van der Waals surface area (Å²) in [5, 5.41) is 7.46. The predicted molar refractivity (Wildman–Crippen MR) is 53.8 cm³/mol. The van der Waals surface area contributed by atoms with Gasteiger partial charge in [-0.15, -0.1) is 5.43 Å². The Balaban J connectivity index is 2.38. The summed E-state index contributed by atoms with van der Waals surface area (Å²) in [6.45, 7) is 1.34. The number of hydrogen-bond donors (Lipinski definition) is 2. The first-order valence-corrected chi connectivity index (χ1v) is 4.27. The molecule has 1 radical (unpaired) electrons. The average Bonchev–Trinajstić information content (AvgIpc) is 2.16. The zero-order valence-electron chi connectivity index (χ0n) is 7.95. The molecule has 0 spiro atoms. The van der Waals surface area contributed by atoms with Crippen molar-refractivity contribution in [1.82, 2.24) is 10.9 Å². The number of carbonyl (C=O) groups is 1. The molecule has 14 heavy (non-hydrogen) atoms. The molecule has 0 saturated heterocycles. The molecule has 0 aliphatic rings. The van der Waals surface area contributed by atoms with E-state index in [-0.39, 0.29) is 11.7 Å². The molecule has 1 aromatic rings. The van der Waals surface area contributed by atoms with Crippen LogP contribution in [0.4, 0.5) is 0 Å². The molecular weight excluding hydrogens is 178 g/mol. The van der Waals surface area contributed by atoms with Gasteiger partial charge in [0.05, 0.1) is 0 Å². The van der Waals surface area contributed by atoms with E-state index in [0.717, 1.165) is 5.56 Å². The Hall–Kier alpha value is -1.84. The predicted octanol–water partition coefficient (Wildman–Crippen LogP) is 0.862. The third-order valence-electron chi connectivity index (χ3n) is 1.57. The topological polar surface area (TPSA) is 67.1 Å². The zero-order valence-corrected chi connectivity index (χ0v) is 7.95. The summed E-state index contributed by atoms with van der Waals surface area (Å²) >= 11 is 0. The van der Waals surface area contributed by atoms with Crippen LogP contribution in [0.3, 0.4) is 0 Å². The van der Waals surface area contributed by atoms with Gasteiger partial charge in [-0.3, -0.25) is 15.6 Å². The highest BCUT2D eigenvalue weighted by molar-refractivity contribution is 5.84. The number of nitrogens with zero attached hydrogens (tertiary/aromatic N) is 1. The van der Waals surface area contributed by atoms with Crippen molar-refractivity contribution < 1.29 is 4.79 Å². The molecule has 4 nitrogen and oxygen atoms in total. The normalized spacial score (nSPS) is 9.21. The van der Waals surface area contributed by atoms with Gasteiger partial charge in [-0.05, 0) is 5.56 Å². The Morgan fingerprint density at radius 2 is 2.07 bits per heavy atom. The van der Waals surface area contributed by atoms with Crippen molar-refractivity contribution in [3.63, 3.8) is 0 Å². The number of amidine groups is 1. The lowest BCUT2D eigenvalue weighted by Gasteiger charge is -2.04. The Morgan fingerprint density at radius 1 is 1.43 bits per heavy atom. The highest BCUT2D eigenvalue weighted by atomic mass is 16.2. The second kappa shape index (κ2) is 5.01. The van der Waals surface area contributed by atoms with Crippen LogP contribution < -0.4 is 10.9 Å². The van der Waals surface area contributed by atoms with E-state index in [1.807, 2.05) is 30.3 Å². The minimum atomic E-state index is -0.331. The molecule has 0 aromatic heterocycles. The summed E-state index contributed by atoms with van der Waals surface area (Å²) in [6, 6.07) is 9.57. The SMILES string of the molecule is CC(=O)[N]NC(=N)Cc1ccccc1. The summed E-state index contributed by atoms with van der Waals surface area (Å²) in [7, 11) is 0. The first kappa shape index (κ1) is 10.2. The first-order valence-electron chi connectivity index (χ1n) is 4.27. The van der Waals surface area contributed by atoms with Gasteiger partial charge in [-0.2, -0.15) is 0 Å². The molecule has 73 valence electrons. The van der Waals surface area contributed by atoms with Crippen LogP contribution in [0.2, 0.25) is 0 Å². The third kappa shape index (κ3) is 3.71. The number of rotatable bonds is 2. The van der Waals surface area contributed by atoms with E-state index in [4.69, 9.17) is 5.41 Å². The third-order valence-corrected chi connectivity index (χ3v) is 1.57. The summed E-state index contributed by atoms with van der Waals surface area (Å²) in [5.41, 5.74) is 6.81.